The van der Waals surface area contributed by atoms with Crippen LogP contribution in [0.4, 0.5) is 0 Å². The van der Waals surface area contributed by atoms with Crippen LogP contribution in [0.2, 0.25) is 0 Å². The molecule has 0 unspecified atom stereocenters. The van der Waals surface area contributed by atoms with Gasteiger partial charge in [0, 0.05) is 31.4 Å². The summed E-state index contributed by atoms with van der Waals surface area (Å²) in [6.45, 7) is 8.50. The molecule has 0 radical (unpaired) electrons. The van der Waals surface area contributed by atoms with E-state index in [1.807, 2.05) is 0 Å². The number of rotatable bonds is 6. The topological polar surface area (TPSA) is 38.3 Å². The fourth-order valence-electron chi connectivity index (χ4n) is 1.36. The predicted octanol–water partition coefficient (Wildman–Crippen LogP) is 2.18. The summed E-state index contributed by atoms with van der Waals surface area (Å²) < 4.78 is 4.31. The van der Waals surface area contributed by atoms with Crippen LogP contribution in [-0.4, -0.2) is 18.1 Å². The van der Waals surface area contributed by atoms with Crippen molar-refractivity contribution in [2.24, 2.45) is 5.92 Å². The number of carbonyl (C=O) groups excluding carboxylic acids is 1. The average Bonchev–Trinajstić information content (AvgIpc) is 2.10. The quantitative estimate of drug-likeness (QED) is 0.531. The summed E-state index contributed by atoms with van der Waals surface area (Å²) in [5.74, 6) is 0.259. The Morgan fingerprint density at radius 3 is 2.29 bits per heavy atom. The van der Waals surface area contributed by atoms with Crippen molar-refractivity contribution < 1.29 is 8.98 Å². The van der Waals surface area contributed by atoms with E-state index >= 15 is 0 Å². The molecular weight excluding hydrogens is 198 g/mol. The molecule has 3 nitrogen and oxygen atoms in total. The molecule has 84 valence electrons. The van der Waals surface area contributed by atoms with E-state index < -0.39 is 0 Å². The van der Waals surface area contributed by atoms with Crippen LogP contribution < -0.4 is 5.32 Å². The minimum absolute atomic E-state index is 0.260. The SMILES string of the molecule is CC(C)N[C@H](CCC(=O)OS)C(C)C. The van der Waals surface area contributed by atoms with Gasteiger partial charge in [0.05, 0.1) is 0 Å². The normalized spacial score (nSPS) is 13.4. The Morgan fingerprint density at radius 1 is 1.36 bits per heavy atom. The lowest BCUT2D eigenvalue weighted by Crippen LogP contribution is -2.38. The van der Waals surface area contributed by atoms with Gasteiger partial charge in [0.1, 0.15) is 0 Å². The zero-order valence-electron chi connectivity index (χ0n) is 9.41. The molecular formula is C10H21NO2S. The largest absolute Gasteiger partial charge is 0.395 e. The first-order valence-electron chi connectivity index (χ1n) is 5.07. The Labute approximate surface area is 92.2 Å². The number of nitrogens with one attached hydrogen (secondary N) is 1. The van der Waals surface area contributed by atoms with E-state index in [2.05, 4.69) is 50.1 Å². The van der Waals surface area contributed by atoms with Crippen LogP contribution in [-0.2, 0) is 8.98 Å². The molecule has 0 aliphatic heterocycles. The lowest BCUT2D eigenvalue weighted by atomic mass is 9.98. The van der Waals surface area contributed by atoms with Crippen LogP contribution in [0.25, 0.3) is 0 Å². The highest BCUT2D eigenvalue weighted by atomic mass is 32.1. The molecule has 0 saturated heterocycles. The standard InChI is InChI=1S/C10H21NO2S/c1-7(2)9(11-8(3)4)5-6-10(12)13-14/h7-9,11,14H,5-6H2,1-4H3/t9-/m1/s1. The molecule has 0 amide bonds. The molecule has 1 N–H and O–H groups in total. The second kappa shape index (κ2) is 7.12. The van der Waals surface area contributed by atoms with E-state index in [0.717, 1.165) is 6.42 Å². The van der Waals surface area contributed by atoms with Crippen molar-refractivity contribution >= 4 is 18.9 Å². The molecule has 0 rings (SSSR count). The number of hydrogen-bond acceptors (Lipinski definition) is 4. The minimum Gasteiger partial charge on any atom is -0.395 e. The van der Waals surface area contributed by atoms with Crippen LogP contribution in [0.3, 0.4) is 0 Å². The Morgan fingerprint density at radius 2 is 1.93 bits per heavy atom. The first-order valence-corrected chi connectivity index (χ1v) is 5.44. The van der Waals surface area contributed by atoms with Crippen molar-refractivity contribution in [1.82, 2.24) is 5.32 Å². The molecule has 0 aromatic rings. The predicted molar refractivity (Wildman–Crippen MR) is 61.2 cm³/mol. The third-order valence-electron chi connectivity index (χ3n) is 2.11. The Bertz CT molecular complexity index is 172. The molecule has 0 aromatic heterocycles. The fraction of sp³-hybridized carbons (Fsp3) is 0.900. The highest BCUT2D eigenvalue weighted by Gasteiger charge is 2.15. The van der Waals surface area contributed by atoms with E-state index in [4.69, 9.17) is 0 Å². The van der Waals surface area contributed by atoms with Gasteiger partial charge in [0.15, 0.2) is 0 Å². The summed E-state index contributed by atoms with van der Waals surface area (Å²) in [4.78, 5) is 10.9. The molecule has 0 fully saturated rings. The van der Waals surface area contributed by atoms with E-state index in [9.17, 15) is 4.79 Å². The Kier molecular flexibility index (Phi) is 7.01. The first-order chi connectivity index (χ1) is 6.47. The molecule has 0 aromatic carbocycles. The van der Waals surface area contributed by atoms with E-state index in [0.29, 0.717) is 24.4 Å². The molecule has 1 atom stereocenters. The lowest BCUT2D eigenvalue weighted by Gasteiger charge is -2.24. The summed E-state index contributed by atoms with van der Waals surface area (Å²) in [5, 5.41) is 3.43. The minimum atomic E-state index is -0.260. The average molecular weight is 219 g/mol. The summed E-state index contributed by atoms with van der Waals surface area (Å²) >= 11 is 3.47. The Balaban J connectivity index is 3.91. The van der Waals surface area contributed by atoms with Crippen LogP contribution in [0.15, 0.2) is 0 Å². The lowest BCUT2D eigenvalue weighted by molar-refractivity contribution is -0.133. The molecule has 0 saturated carbocycles. The van der Waals surface area contributed by atoms with E-state index in [-0.39, 0.29) is 5.97 Å². The summed E-state index contributed by atoms with van der Waals surface area (Å²) in [5.41, 5.74) is 0. The molecule has 0 bridgehead atoms. The van der Waals surface area contributed by atoms with Gasteiger partial charge in [-0.25, -0.2) is 0 Å². The number of hydrogen-bond donors (Lipinski definition) is 2. The van der Waals surface area contributed by atoms with Gasteiger partial charge in [-0.2, -0.15) is 0 Å². The van der Waals surface area contributed by atoms with Gasteiger partial charge in [-0.05, 0) is 12.3 Å². The van der Waals surface area contributed by atoms with Crippen molar-refractivity contribution in [3.8, 4) is 0 Å². The second-order valence-electron chi connectivity index (χ2n) is 4.17. The van der Waals surface area contributed by atoms with Crippen molar-refractivity contribution in [2.75, 3.05) is 0 Å². The smallest absolute Gasteiger partial charge is 0.317 e. The van der Waals surface area contributed by atoms with Crippen molar-refractivity contribution in [1.29, 1.82) is 0 Å². The highest BCUT2D eigenvalue weighted by molar-refractivity contribution is 7.75. The maximum Gasteiger partial charge on any atom is 0.317 e. The van der Waals surface area contributed by atoms with Gasteiger partial charge >= 0.3 is 5.97 Å². The zero-order chi connectivity index (χ0) is 11.1. The number of carbonyl (C=O) groups is 1. The maximum atomic E-state index is 10.9. The van der Waals surface area contributed by atoms with Gasteiger partial charge < -0.3 is 9.50 Å². The molecule has 4 heteroatoms. The molecule has 0 spiro atoms. The van der Waals surface area contributed by atoms with E-state index in [1.54, 1.807) is 0 Å². The molecule has 0 heterocycles. The third-order valence-corrected chi connectivity index (χ3v) is 2.32. The molecule has 0 aliphatic carbocycles. The first kappa shape index (κ1) is 13.8. The van der Waals surface area contributed by atoms with Gasteiger partial charge in [0.25, 0.3) is 0 Å². The molecule has 0 aliphatic rings. The summed E-state index contributed by atoms with van der Waals surface area (Å²) in [7, 11) is 0. The van der Waals surface area contributed by atoms with Gasteiger partial charge in [0.2, 0.25) is 0 Å². The van der Waals surface area contributed by atoms with Crippen LogP contribution in [0.5, 0.6) is 0 Å². The van der Waals surface area contributed by atoms with Crippen LogP contribution in [0.1, 0.15) is 40.5 Å². The highest BCUT2D eigenvalue weighted by Crippen LogP contribution is 2.10. The zero-order valence-corrected chi connectivity index (χ0v) is 10.3. The van der Waals surface area contributed by atoms with Crippen molar-refractivity contribution in [2.45, 2.75) is 52.6 Å². The van der Waals surface area contributed by atoms with Crippen LogP contribution >= 0.6 is 12.9 Å². The molecule has 14 heavy (non-hydrogen) atoms. The van der Waals surface area contributed by atoms with Crippen LogP contribution in [0, 0.1) is 5.92 Å². The third kappa shape index (κ3) is 6.27. The van der Waals surface area contributed by atoms with Crippen molar-refractivity contribution in [3.05, 3.63) is 0 Å². The fourth-order valence-corrected chi connectivity index (χ4v) is 1.45. The van der Waals surface area contributed by atoms with Gasteiger partial charge in [-0.15, -0.1) is 0 Å². The number of thiol groups is 1. The summed E-state index contributed by atoms with van der Waals surface area (Å²) in [6.07, 6.45) is 1.22. The second-order valence-corrected chi connectivity index (χ2v) is 4.36. The van der Waals surface area contributed by atoms with Crippen molar-refractivity contribution in [3.63, 3.8) is 0 Å². The summed E-state index contributed by atoms with van der Waals surface area (Å²) in [6, 6.07) is 0.803. The van der Waals surface area contributed by atoms with Gasteiger partial charge in [-0.1, -0.05) is 27.7 Å². The van der Waals surface area contributed by atoms with Gasteiger partial charge in [-0.3, -0.25) is 4.79 Å². The Hall–Kier alpha value is -0.220. The maximum absolute atomic E-state index is 10.9. The monoisotopic (exact) mass is 219 g/mol. The van der Waals surface area contributed by atoms with E-state index in [1.165, 1.54) is 0 Å².